The van der Waals surface area contributed by atoms with Gasteiger partial charge in [-0.25, -0.2) is 4.79 Å². The number of nitrogens with one attached hydrogen (secondary N) is 2. The molecule has 1 aromatic rings. The van der Waals surface area contributed by atoms with Crippen LogP contribution in [-0.4, -0.2) is 47.8 Å². The Kier molecular flexibility index (Phi) is 7.06. The lowest BCUT2D eigenvalue weighted by atomic mass is 9.98. The highest BCUT2D eigenvalue weighted by molar-refractivity contribution is 5.73. The number of amides is 2. The van der Waals surface area contributed by atoms with Gasteiger partial charge in [0.15, 0.2) is 0 Å². The Bertz CT molecular complexity index is 529. The van der Waals surface area contributed by atoms with E-state index in [0.717, 1.165) is 32.5 Å². The monoisotopic (exact) mass is 333 g/mol. The Morgan fingerprint density at radius 2 is 1.92 bits per heavy atom. The highest BCUT2D eigenvalue weighted by atomic mass is 16.3. The molecule has 24 heavy (non-hydrogen) atoms. The highest BCUT2D eigenvalue weighted by Crippen LogP contribution is 2.18. The summed E-state index contributed by atoms with van der Waals surface area (Å²) in [7, 11) is 0. The van der Waals surface area contributed by atoms with Crippen LogP contribution in [-0.2, 0) is 13.0 Å². The number of urea groups is 1. The van der Waals surface area contributed by atoms with Crippen molar-refractivity contribution >= 4 is 6.03 Å². The van der Waals surface area contributed by atoms with E-state index in [-0.39, 0.29) is 6.03 Å². The number of hydrogen-bond acceptors (Lipinski definition) is 3. The molecule has 3 N–H and O–H groups in total. The summed E-state index contributed by atoms with van der Waals surface area (Å²) in [5.41, 5.74) is 2.09. The van der Waals surface area contributed by atoms with Crippen molar-refractivity contribution in [1.29, 1.82) is 0 Å². The van der Waals surface area contributed by atoms with E-state index in [1.807, 2.05) is 13.8 Å². The fraction of sp³-hybridized carbons (Fsp3) is 0.632. The van der Waals surface area contributed by atoms with Crippen LogP contribution in [0.2, 0.25) is 0 Å². The topological polar surface area (TPSA) is 64.6 Å². The third-order valence-electron chi connectivity index (χ3n) is 5.04. The molecule has 0 unspecified atom stereocenters. The largest absolute Gasteiger partial charge is 0.388 e. The average molecular weight is 333 g/mol. The Labute approximate surface area is 145 Å². The summed E-state index contributed by atoms with van der Waals surface area (Å²) < 4.78 is 0. The predicted molar refractivity (Wildman–Crippen MR) is 97.0 cm³/mol. The molecule has 0 bridgehead atoms. The van der Waals surface area contributed by atoms with Crippen molar-refractivity contribution in [2.45, 2.75) is 51.7 Å². The zero-order valence-corrected chi connectivity index (χ0v) is 15.0. The van der Waals surface area contributed by atoms with Gasteiger partial charge >= 0.3 is 6.03 Å². The van der Waals surface area contributed by atoms with Crippen LogP contribution in [0.25, 0.3) is 0 Å². The van der Waals surface area contributed by atoms with Crippen LogP contribution < -0.4 is 10.6 Å². The molecule has 1 heterocycles. The van der Waals surface area contributed by atoms with Crippen molar-refractivity contribution in [1.82, 2.24) is 15.5 Å². The van der Waals surface area contributed by atoms with Gasteiger partial charge in [0.25, 0.3) is 0 Å². The normalized spacial score (nSPS) is 15.0. The molecule has 0 aromatic heterocycles. The molecule has 0 atom stereocenters. The van der Waals surface area contributed by atoms with Gasteiger partial charge in [-0.2, -0.15) is 0 Å². The Balaban J connectivity index is 1.61. The second-order valence-electron chi connectivity index (χ2n) is 6.69. The maximum absolute atomic E-state index is 11.8. The number of fused-ring (bicyclic) bond motifs is 1. The van der Waals surface area contributed by atoms with E-state index in [1.54, 1.807) is 0 Å². The number of hydrogen-bond donors (Lipinski definition) is 3. The van der Waals surface area contributed by atoms with E-state index in [2.05, 4.69) is 39.8 Å². The molecule has 1 aromatic carbocycles. The fourth-order valence-electron chi connectivity index (χ4n) is 3.06. The SMILES string of the molecule is CCC(O)(CC)CNC(=O)NCCCN1CCc2ccccc2C1. The fourth-order valence-corrected chi connectivity index (χ4v) is 3.06. The quantitative estimate of drug-likeness (QED) is 0.640. The summed E-state index contributed by atoms with van der Waals surface area (Å²) in [6.45, 7) is 7.89. The lowest BCUT2D eigenvalue weighted by Gasteiger charge is -2.28. The van der Waals surface area contributed by atoms with Crippen molar-refractivity contribution < 1.29 is 9.90 Å². The van der Waals surface area contributed by atoms with E-state index >= 15 is 0 Å². The minimum Gasteiger partial charge on any atom is -0.388 e. The summed E-state index contributed by atoms with van der Waals surface area (Å²) >= 11 is 0. The zero-order valence-electron chi connectivity index (χ0n) is 15.0. The van der Waals surface area contributed by atoms with Crippen LogP contribution in [0.15, 0.2) is 24.3 Å². The molecule has 0 aliphatic carbocycles. The van der Waals surface area contributed by atoms with Gasteiger partial charge in [0.05, 0.1) is 5.60 Å². The second kappa shape index (κ2) is 9.04. The molecule has 0 saturated carbocycles. The third kappa shape index (κ3) is 5.49. The first-order valence-electron chi connectivity index (χ1n) is 9.09. The van der Waals surface area contributed by atoms with E-state index in [1.165, 1.54) is 11.1 Å². The average Bonchev–Trinajstić information content (AvgIpc) is 2.63. The molecule has 1 aliphatic heterocycles. The van der Waals surface area contributed by atoms with Crippen molar-refractivity contribution in [2.24, 2.45) is 0 Å². The number of rotatable bonds is 8. The molecular weight excluding hydrogens is 302 g/mol. The van der Waals surface area contributed by atoms with E-state index in [0.29, 0.717) is 25.9 Å². The molecule has 5 heteroatoms. The molecule has 0 spiro atoms. The summed E-state index contributed by atoms with van der Waals surface area (Å²) in [6, 6.07) is 8.43. The third-order valence-corrected chi connectivity index (χ3v) is 5.04. The molecule has 0 saturated heterocycles. The van der Waals surface area contributed by atoms with Crippen molar-refractivity contribution in [2.75, 3.05) is 26.2 Å². The number of carbonyl (C=O) groups is 1. The summed E-state index contributed by atoms with van der Waals surface area (Å²) in [5, 5.41) is 15.8. The molecule has 5 nitrogen and oxygen atoms in total. The van der Waals surface area contributed by atoms with Gasteiger partial charge in [-0.3, -0.25) is 4.90 Å². The smallest absolute Gasteiger partial charge is 0.314 e. The highest BCUT2D eigenvalue weighted by Gasteiger charge is 2.22. The van der Waals surface area contributed by atoms with Gasteiger partial charge in [0.1, 0.15) is 0 Å². The van der Waals surface area contributed by atoms with Gasteiger partial charge in [-0.05, 0) is 36.8 Å². The minimum absolute atomic E-state index is 0.195. The van der Waals surface area contributed by atoms with Crippen molar-refractivity contribution in [3.63, 3.8) is 0 Å². The maximum Gasteiger partial charge on any atom is 0.314 e. The zero-order chi connectivity index (χ0) is 17.4. The van der Waals surface area contributed by atoms with E-state index in [9.17, 15) is 9.90 Å². The Morgan fingerprint density at radius 1 is 1.21 bits per heavy atom. The maximum atomic E-state index is 11.8. The molecule has 134 valence electrons. The van der Waals surface area contributed by atoms with Gasteiger partial charge in [0.2, 0.25) is 0 Å². The Morgan fingerprint density at radius 3 is 2.62 bits per heavy atom. The first-order valence-corrected chi connectivity index (χ1v) is 9.09. The van der Waals surface area contributed by atoms with Crippen molar-refractivity contribution in [3.8, 4) is 0 Å². The predicted octanol–water partition coefficient (Wildman–Crippen LogP) is 2.29. The van der Waals surface area contributed by atoms with E-state index in [4.69, 9.17) is 0 Å². The lowest BCUT2D eigenvalue weighted by Crippen LogP contribution is -2.46. The number of aliphatic hydroxyl groups is 1. The van der Waals surface area contributed by atoms with Gasteiger partial charge < -0.3 is 15.7 Å². The van der Waals surface area contributed by atoms with Crippen molar-refractivity contribution in [3.05, 3.63) is 35.4 Å². The van der Waals surface area contributed by atoms with Crippen LogP contribution >= 0.6 is 0 Å². The first kappa shape index (κ1) is 18.7. The van der Waals surface area contributed by atoms with Crippen LogP contribution in [0.5, 0.6) is 0 Å². The number of carbonyl (C=O) groups excluding carboxylic acids is 1. The number of benzene rings is 1. The van der Waals surface area contributed by atoms with Gasteiger partial charge in [-0.1, -0.05) is 38.1 Å². The van der Waals surface area contributed by atoms with Crippen LogP contribution in [0.4, 0.5) is 4.79 Å². The molecule has 2 amide bonds. The minimum atomic E-state index is -0.793. The standard InChI is InChI=1S/C19H31N3O2/c1-3-19(24,4-2)15-21-18(23)20-11-7-12-22-13-10-16-8-5-6-9-17(16)14-22/h5-6,8-9,24H,3-4,7,10-15H2,1-2H3,(H2,20,21,23). The molecule has 1 aliphatic rings. The summed E-state index contributed by atoms with van der Waals surface area (Å²) in [4.78, 5) is 14.2. The molecular formula is C19H31N3O2. The molecule has 0 fully saturated rings. The number of nitrogens with zero attached hydrogens (tertiary/aromatic N) is 1. The van der Waals surface area contributed by atoms with E-state index < -0.39 is 5.60 Å². The molecule has 2 rings (SSSR count). The van der Waals surface area contributed by atoms with Gasteiger partial charge in [-0.15, -0.1) is 0 Å². The van der Waals surface area contributed by atoms with Crippen LogP contribution in [0, 0.1) is 0 Å². The van der Waals surface area contributed by atoms with Gasteiger partial charge in [0, 0.05) is 32.7 Å². The van der Waals surface area contributed by atoms with Crippen LogP contribution in [0.1, 0.15) is 44.2 Å². The second-order valence-corrected chi connectivity index (χ2v) is 6.69. The summed E-state index contributed by atoms with van der Waals surface area (Å²) in [5.74, 6) is 0. The summed E-state index contributed by atoms with van der Waals surface area (Å²) in [6.07, 6.45) is 3.32. The lowest BCUT2D eigenvalue weighted by molar-refractivity contribution is 0.0349. The first-order chi connectivity index (χ1) is 11.6. The molecule has 0 radical (unpaired) electrons. The van der Waals surface area contributed by atoms with Crippen LogP contribution in [0.3, 0.4) is 0 Å². The Hall–Kier alpha value is -1.59.